The molecule has 1 aliphatic heterocycles. The van der Waals surface area contributed by atoms with Crippen LogP contribution in [0.15, 0.2) is 60.7 Å². The highest BCUT2D eigenvalue weighted by Gasteiger charge is 2.44. The van der Waals surface area contributed by atoms with Gasteiger partial charge in [0.15, 0.2) is 4.87 Å². The van der Waals surface area contributed by atoms with Crippen LogP contribution in [0.2, 0.25) is 0 Å². The Bertz CT molecular complexity index is 699. The van der Waals surface area contributed by atoms with Crippen molar-refractivity contribution in [3.05, 3.63) is 71.8 Å². The van der Waals surface area contributed by atoms with Gasteiger partial charge in [-0.2, -0.15) is 0 Å². The van der Waals surface area contributed by atoms with E-state index in [2.05, 4.69) is 13.8 Å². The van der Waals surface area contributed by atoms with Crippen LogP contribution in [0, 0.1) is 5.92 Å². The van der Waals surface area contributed by atoms with E-state index in [-0.39, 0.29) is 18.0 Å². The van der Waals surface area contributed by atoms with Crippen molar-refractivity contribution in [1.82, 2.24) is 4.90 Å². The summed E-state index contributed by atoms with van der Waals surface area (Å²) >= 11 is 7.12. The maximum absolute atomic E-state index is 13.7. The van der Waals surface area contributed by atoms with Crippen LogP contribution in [0.1, 0.15) is 25.0 Å². The van der Waals surface area contributed by atoms with E-state index in [1.54, 1.807) is 0 Å². The molecule has 2 aromatic rings. The standard InChI is InChI=1S/C21H25BClNO2/c1-15(2)18-13-24(14-19(22)26-18)20(25)21(23,16-9-5-3-6-10-16)17-11-7-4-8-12-17/h3-12,15,18-19H,13-14,22H2,1-2H3. The summed E-state index contributed by atoms with van der Waals surface area (Å²) in [6.45, 7) is 5.35. The van der Waals surface area contributed by atoms with Gasteiger partial charge in [0.1, 0.15) is 7.85 Å². The zero-order valence-electron chi connectivity index (χ0n) is 15.6. The van der Waals surface area contributed by atoms with Gasteiger partial charge in [-0.1, -0.05) is 86.1 Å². The van der Waals surface area contributed by atoms with Gasteiger partial charge in [0.2, 0.25) is 0 Å². The SMILES string of the molecule is BC1CN(C(=O)C(Cl)(c2ccccc2)c2ccccc2)CC(C(C)C)O1. The van der Waals surface area contributed by atoms with Crippen LogP contribution in [-0.4, -0.2) is 43.9 Å². The molecular formula is C21H25BClNO2. The third-order valence-electron chi connectivity index (χ3n) is 4.95. The van der Waals surface area contributed by atoms with Crippen LogP contribution in [0.5, 0.6) is 0 Å². The third kappa shape index (κ3) is 3.67. The number of halogens is 1. The fourth-order valence-corrected chi connectivity index (χ4v) is 3.86. The minimum Gasteiger partial charge on any atom is -0.380 e. The molecule has 1 saturated heterocycles. The number of nitrogens with zero attached hydrogens (tertiary/aromatic N) is 1. The molecule has 2 unspecified atom stereocenters. The van der Waals surface area contributed by atoms with Crippen molar-refractivity contribution in [3.63, 3.8) is 0 Å². The van der Waals surface area contributed by atoms with Crippen molar-refractivity contribution >= 4 is 25.4 Å². The van der Waals surface area contributed by atoms with E-state index in [0.29, 0.717) is 19.0 Å². The first-order chi connectivity index (χ1) is 12.4. The minimum absolute atomic E-state index is 0.00689. The van der Waals surface area contributed by atoms with E-state index in [1.165, 1.54) is 0 Å². The molecule has 0 saturated carbocycles. The summed E-state index contributed by atoms with van der Waals surface area (Å²) in [4.78, 5) is 14.3. The lowest BCUT2D eigenvalue weighted by Crippen LogP contribution is -2.55. The lowest BCUT2D eigenvalue weighted by molar-refractivity contribution is -0.145. The fraction of sp³-hybridized carbons (Fsp3) is 0.381. The maximum Gasteiger partial charge on any atom is 0.253 e. The van der Waals surface area contributed by atoms with Crippen molar-refractivity contribution in [2.24, 2.45) is 5.92 Å². The Morgan fingerprint density at radius 1 is 1.08 bits per heavy atom. The van der Waals surface area contributed by atoms with Gasteiger partial charge in [-0.25, -0.2) is 0 Å². The largest absolute Gasteiger partial charge is 0.380 e. The van der Waals surface area contributed by atoms with Gasteiger partial charge in [0.25, 0.3) is 5.91 Å². The van der Waals surface area contributed by atoms with E-state index in [4.69, 9.17) is 16.3 Å². The van der Waals surface area contributed by atoms with Gasteiger partial charge >= 0.3 is 0 Å². The Morgan fingerprint density at radius 2 is 1.58 bits per heavy atom. The van der Waals surface area contributed by atoms with E-state index in [9.17, 15) is 4.79 Å². The van der Waals surface area contributed by atoms with E-state index in [0.717, 1.165) is 11.1 Å². The van der Waals surface area contributed by atoms with Gasteiger partial charge in [-0.3, -0.25) is 4.79 Å². The molecule has 1 amide bonds. The van der Waals surface area contributed by atoms with Crippen LogP contribution >= 0.6 is 11.6 Å². The smallest absolute Gasteiger partial charge is 0.253 e. The Labute approximate surface area is 161 Å². The number of ether oxygens (including phenoxy) is 1. The summed E-state index contributed by atoms with van der Waals surface area (Å²) in [5.74, 6) is 0.253. The minimum atomic E-state index is -1.24. The summed E-state index contributed by atoms with van der Waals surface area (Å²) in [7, 11) is 2.01. The van der Waals surface area contributed by atoms with Crippen LogP contribution in [0.25, 0.3) is 0 Å². The van der Waals surface area contributed by atoms with Crippen LogP contribution in [0.3, 0.4) is 0 Å². The lowest BCUT2D eigenvalue weighted by Gasteiger charge is -2.42. The quantitative estimate of drug-likeness (QED) is 0.612. The molecular weight excluding hydrogens is 345 g/mol. The molecule has 2 atom stereocenters. The molecule has 136 valence electrons. The number of carbonyl (C=O) groups is 1. The molecule has 0 bridgehead atoms. The first-order valence-corrected chi connectivity index (χ1v) is 9.55. The predicted molar refractivity (Wildman–Crippen MR) is 108 cm³/mol. The molecule has 0 aliphatic carbocycles. The zero-order valence-corrected chi connectivity index (χ0v) is 16.3. The van der Waals surface area contributed by atoms with Crippen LogP contribution in [-0.2, 0) is 14.4 Å². The second-order valence-corrected chi connectivity index (χ2v) is 7.90. The molecule has 1 fully saturated rings. The first kappa shape index (κ1) is 19.0. The molecule has 0 spiro atoms. The van der Waals surface area contributed by atoms with Crippen LogP contribution in [0.4, 0.5) is 0 Å². The molecule has 1 heterocycles. The summed E-state index contributed by atoms with van der Waals surface area (Å²) in [5, 5.41) is 0. The highest BCUT2D eigenvalue weighted by molar-refractivity contribution is 6.37. The van der Waals surface area contributed by atoms with E-state index in [1.807, 2.05) is 73.4 Å². The van der Waals surface area contributed by atoms with Crippen molar-refractivity contribution in [2.75, 3.05) is 13.1 Å². The number of amides is 1. The van der Waals surface area contributed by atoms with Crippen molar-refractivity contribution in [2.45, 2.75) is 30.8 Å². The number of hydrogen-bond acceptors (Lipinski definition) is 2. The van der Waals surface area contributed by atoms with Crippen LogP contribution < -0.4 is 0 Å². The zero-order chi connectivity index (χ0) is 18.7. The number of hydrogen-bond donors (Lipinski definition) is 0. The molecule has 1 aliphatic rings. The number of benzene rings is 2. The fourth-order valence-electron chi connectivity index (χ4n) is 3.49. The Kier molecular flexibility index (Phi) is 5.74. The maximum atomic E-state index is 13.7. The molecule has 5 heteroatoms. The number of carbonyl (C=O) groups excluding carboxylic acids is 1. The van der Waals surface area contributed by atoms with Crippen molar-refractivity contribution in [3.8, 4) is 0 Å². The Hall–Kier alpha value is -1.78. The highest BCUT2D eigenvalue weighted by Crippen LogP contribution is 2.39. The second-order valence-electron chi connectivity index (χ2n) is 7.33. The van der Waals surface area contributed by atoms with Gasteiger partial charge < -0.3 is 9.64 Å². The second kappa shape index (κ2) is 7.85. The number of rotatable bonds is 4. The topological polar surface area (TPSA) is 29.5 Å². The average Bonchev–Trinajstić information content (AvgIpc) is 2.67. The molecule has 2 aromatic carbocycles. The Morgan fingerprint density at radius 3 is 2.04 bits per heavy atom. The number of morpholine rings is 1. The third-order valence-corrected chi connectivity index (χ3v) is 5.55. The van der Waals surface area contributed by atoms with Crippen molar-refractivity contribution in [1.29, 1.82) is 0 Å². The molecule has 3 nitrogen and oxygen atoms in total. The molecule has 0 N–H and O–H groups in total. The lowest BCUT2D eigenvalue weighted by atomic mass is 9.87. The molecule has 3 rings (SSSR count). The summed E-state index contributed by atoms with van der Waals surface area (Å²) in [6.07, 6.45) is 0.0233. The average molecular weight is 370 g/mol. The van der Waals surface area contributed by atoms with Gasteiger partial charge in [0.05, 0.1) is 6.10 Å². The predicted octanol–water partition coefficient (Wildman–Crippen LogP) is 3.01. The van der Waals surface area contributed by atoms with E-state index >= 15 is 0 Å². The van der Waals surface area contributed by atoms with Crippen molar-refractivity contribution < 1.29 is 9.53 Å². The first-order valence-electron chi connectivity index (χ1n) is 9.17. The molecule has 0 aromatic heterocycles. The summed E-state index contributed by atoms with van der Waals surface area (Å²) in [5.41, 5.74) is 1.58. The highest BCUT2D eigenvalue weighted by atomic mass is 35.5. The monoisotopic (exact) mass is 369 g/mol. The normalized spacial score (nSPS) is 21.0. The molecule has 26 heavy (non-hydrogen) atoms. The summed E-state index contributed by atoms with van der Waals surface area (Å²) < 4.78 is 6.02. The van der Waals surface area contributed by atoms with Gasteiger partial charge in [-0.15, -0.1) is 0 Å². The molecule has 0 radical (unpaired) electrons. The Balaban J connectivity index is 2.01. The summed E-state index contributed by atoms with van der Waals surface area (Å²) in [6, 6.07) is 19.2. The van der Waals surface area contributed by atoms with Gasteiger partial charge in [-0.05, 0) is 17.0 Å². The number of alkyl halides is 1. The van der Waals surface area contributed by atoms with E-state index < -0.39 is 4.87 Å². The van der Waals surface area contributed by atoms with Gasteiger partial charge in [0, 0.05) is 19.1 Å².